The Morgan fingerprint density at radius 3 is 2.55 bits per heavy atom. The minimum Gasteiger partial charge on any atom is -0.299 e. The maximum atomic E-state index is 4.72. The fraction of sp³-hybridized carbons (Fsp3) is 0.706. The number of aromatic nitrogens is 1. The Balaban J connectivity index is 1.61. The largest absolute Gasteiger partial charge is 0.299 e. The van der Waals surface area contributed by atoms with Crippen molar-refractivity contribution >= 4 is 11.8 Å². The standard InChI is InChI=1S/C17H26N2S/c1-19-12-6-5-9-16(19)14-10-11-17(18-13-14)20-15-7-3-2-4-8-15/h10-11,13,15-16H,2-9,12H2,1H3/t16-/m0/s1. The summed E-state index contributed by atoms with van der Waals surface area (Å²) >= 11 is 2.00. The van der Waals surface area contributed by atoms with E-state index in [0.717, 1.165) is 5.25 Å². The molecule has 2 fully saturated rings. The van der Waals surface area contributed by atoms with Crippen LogP contribution >= 0.6 is 11.8 Å². The van der Waals surface area contributed by atoms with Crippen LogP contribution in [0.5, 0.6) is 0 Å². The van der Waals surface area contributed by atoms with Crippen LogP contribution in [0.15, 0.2) is 23.4 Å². The van der Waals surface area contributed by atoms with E-state index in [1.54, 1.807) is 0 Å². The van der Waals surface area contributed by atoms with Gasteiger partial charge in [-0.3, -0.25) is 4.90 Å². The summed E-state index contributed by atoms with van der Waals surface area (Å²) in [5.74, 6) is 0. The van der Waals surface area contributed by atoms with Gasteiger partial charge in [0.15, 0.2) is 0 Å². The monoisotopic (exact) mass is 290 g/mol. The van der Waals surface area contributed by atoms with E-state index in [4.69, 9.17) is 4.98 Å². The number of hydrogen-bond donors (Lipinski definition) is 0. The molecule has 1 saturated heterocycles. The molecule has 0 radical (unpaired) electrons. The fourth-order valence-corrected chi connectivity index (χ4v) is 4.68. The number of pyridine rings is 1. The molecular formula is C17H26N2S. The van der Waals surface area contributed by atoms with E-state index in [2.05, 4.69) is 30.3 Å². The van der Waals surface area contributed by atoms with Gasteiger partial charge in [-0.1, -0.05) is 31.7 Å². The molecule has 0 spiro atoms. The first-order chi connectivity index (χ1) is 9.83. The van der Waals surface area contributed by atoms with Crippen molar-refractivity contribution in [3.63, 3.8) is 0 Å². The van der Waals surface area contributed by atoms with Crippen LogP contribution in [0.1, 0.15) is 63.0 Å². The molecule has 0 N–H and O–H groups in total. The number of hydrogen-bond acceptors (Lipinski definition) is 3. The molecule has 1 aromatic heterocycles. The maximum absolute atomic E-state index is 4.72. The van der Waals surface area contributed by atoms with Gasteiger partial charge in [0.1, 0.15) is 0 Å². The third-order valence-corrected chi connectivity index (χ3v) is 6.04. The lowest BCUT2D eigenvalue weighted by Crippen LogP contribution is -2.29. The first-order valence-corrected chi connectivity index (χ1v) is 9.04. The molecule has 2 heterocycles. The lowest BCUT2D eigenvalue weighted by Gasteiger charge is -2.32. The first kappa shape index (κ1) is 14.4. The average Bonchev–Trinajstić information content (AvgIpc) is 2.50. The summed E-state index contributed by atoms with van der Waals surface area (Å²) in [4.78, 5) is 7.20. The predicted molar refractivity (Wildman–Crippen MR) is 86.2 cm³/mol. The van der Waals surface area contributed by atoms with Gasteiger partial charge in [-0.2, -0.15) is 0 Å². The van der Waals surface area contributed by atoms with Crippen molar-refractivity contribution in [3.05, 3.63) is 23.9 Å². The second-order valence-electron chi connectivity index (χ2n) is 6.30. The number of thioether (sulfide) groups is 1. The highest BCUT2D eigenvalue weighted by Crippen LogP contribution is 2.34. The molecule has 0 amide bonds. The van der Waals surface area contributed by atoms with Crippen molar-refractivity contribution in [2.24, 2.45) is 0 Å². The number of likely N-dealkylation sites (tertiary alicyclic amines) is 1. The van der Waals surface area contributed by atoms with Gasteiger partial charge in [0.25, 0.3) is 0 Å². The van der Waals surface area contributed by atoms with Gasteiger partial charge >= 0.3 is 0 Å². The smallest absolute Gasteiger partial charge is 0.0962 e. The summed E-state index contributed by atoms with van der Waals surface area (Å²) in [6.45, 7) is 1.23. The highest BCUT2D eigenvalue weighted by atomic mass is 32.2. The van der Waals surface area contributed by atoms with E-state index in [0.29, 0.717) is 6.04 Å². The molecule has 3 heteroatoms. The van der Waals surface area contributed by atoms with Gasteiger partial charge in [-0.25, -0.2) is 4.98 Å². The zero-order chi connectivity index (χ0) is 13.8. The molecule has 110 valence electrons. The topological polar surface area (TPSA) is 16.1 Å². The molecule has 1 atom stereocenters. The zero-order valence-electron chi connectivity index (χ0n) is 12.6. The molecule has 3 rings (SSSR count). The fourth-order valence-electron chi connectivity index (χ4n) is 3.51. The van der Waals surface area contributed by atoms with E-state index in [1.807, 2.05) is 11.8 Å². The summed E-state index contributed by atoms with van der Waals surface area (Å²) in [6, 6.07) is 5.15. The Kier molecular flexibility index (Phi) is 5.00. The Bertz CT molecular complexity index is 412. The third-order valence-electron chi connectivity index (χ3n) is 4.75. The van der Waals surface area contributed by atoms with Gasteiger partial charge in [-0.15, -0.1) is 11.8 Å². The second-order valence-corrected chi connectivity index (χ2v) is 7.62. The van der Waals surface area contributed by atoms with Crippen molar-refractivity contribution in [1.82, 2.24) is 9.88 Å². The van der Waals surface area contributed by atoms with Crippen LogP contribution in [0.3, 0.4) is 0 Å². The van der Waals surface area contributed by atoms with E-state index >= 15 is 0 Å². The molecule has 0 bridgehead atoms. The molecule has 2 aliphatic rings. The van der Waals surface area contributed by atoms with Gasteiger partial charge in [-0.05, 0) is 50.9 Å². The summed E-state index contributed by atoms with van der Waals surface area (Å²) in [5.41, 5.74) is 1.40. The zero-order valence-corrected chi connectivity index (χ0v) is 13.4. The van der Waals surface area contributed by atoms with Crippen molar-refractivity contribution in [2.75, 3.05) is 13.6 Å². The normalized spacial score (nSPS) is 25.8. The molecule has 1 saturated carbocycles. The van der Waals surface area contributed by atoms with E-state index in [9.17, 15) is 0 Å². The number of piperidine rings is 1. The van der Waals surface area contributed by atoms with Gasteiger partial charge < -0.3 is 0 Å². The van der Waals surface area contributed by atoms with Crippen LogP contribution < -0.4 is 0 Å². The van der Waals surface area contributed by atoms with Gasteiger partial charge in [0, 0.05) is 17.5 Å². The Morgan fingerprint density at radius 2 is 1.85 bits per heavy atom. The number of rotatable bonds is 3. The molecular weight excluding hydrogens is 264 g/mol. The molecule has 1 aliphatic heterocycles. The lowest BCUT2D eigenvalue weighted by atomic mass is 9.97. The molecule has 0 unspecified atom stereocenters. The predicted octanol–water partition coefficient (Wildman–Crippen LogP) is 4.66. The number of nitrogens with zero attached hydrogens (tertiary/aromatic N) is 2. The molecule has 1 aliphatic carbocycles. The average molecular weight is 290 g/mol. The first-order valence-electron chi connectivity index (χ1n) is 8.16. The van der Waals surface area contributed by atoms with Crippen LogP contribution in [0, 0.1) is 0 Å². The third kappa shape index (κ3) is 3.56. The Hall–Kier alpha value is -0.540. The van der Waals surface area contributed by atoms with Crippen molar-refractivity contribution < 1.29 is 0 Å². The molecule has 0 aromatic carbocycles. The Labute approximate surface area is 127 Å². The minimum atomic E-state index is 0.588. The summed E-state index contributed by atoms with van der Waals surface area (Å²) in [6.07, 6.45) is 13.1. The van der Waals surface area contributed by atoms with Gasteiger partial charge in [0.05, 0.1) is 5.03 Å². The van der Waals surface area contributed by atoms with Crippen LogP contribution in [-0.2, 0) is 0 Å². The SMILES string of the molecule is CN1CCCC[C@H]1c1ccc(SC2CCCCC2)nc1. The molecule has 20 heavy (non-hydrogen) atoms. The summed E-state index contributed by atoms with van der Waals surface area (Å²) in [7, 11) is 2.24. The lowest BCUT2D eigenvalue weighted by molar-refractivity contribution is 0.187. The van der Waals surface area contributed by atoms with Crippen molar-refractivity contribution in [1.29, 1.82) is 0 Å². The van der Waals surface area contributed by atoms with Crippen LogP contribution in [-0.4, -0.2) is 28.7 Å². The quantitative estimate of drug-likeness (QED) is 0.805. The van der Waals surface area contributed by atoms with Crippen molar-refractivity contribution in [2.45, 2.75) is 67.7 Å². The van der Waals surface area contributed by atoms with Crippen LogP contribution in [0.2, 0.25) is 0 Å². The van der Waals surface area contributed by atoms with Gasteiger partial charge in [0.2, 0.25) is 0 Å². The van der Waals surface area contributed by atoms with Crippen LogP contribution in [0.25, 0.3) is 0 Å². The maximum Gasteiger partial charge on any atom is 0.0962 e. The second kappa shape index (κ2) is 6.95. The molecule has 2 nitrogen and oxygen atoms in total. The molecule has 1 aromatic rings. The van der Waals surface area contributed by atoms with Crippen LogP contribution in [0.4, 0.5) is 0 Å². The minimum absolute atomic E-state index is 0.588. The summed E-state index contributed by atoms with van der Waals surface area (Å²) < 4.78 is 0. The highest BCUT2D eigenvalue weighted by Gasteiger charge is 2.21. The van der Waals surface area contributed by atoms with E-state index in [-0.39, 0.29) is 0 Å². The Morgan fingerprint density at radius 1 is 1.05 bits per heavy atom. The van der Waals surface area contributed by atoms with E-state index in [1.165, 1.54) is 68.5 Å². The van der Waals surface area contributed by atoms with Crippen molar-refractivity contribution in [3.8, 4) is 0 Å². The van der Waals surface area contributed by atoms with E-state index < -0.39 is 0 Å². The summed E-state index contributed by atoms with van der Waals surface area (Å²) in [5, 5.41) is 2.03. The highest BCUT2D eigenvalue weighted by molar-refractivity contribution is 7.99.